The van der Waals surface area contributed by atoms with Crippen LogP contribution in [0, 0.1) is 0 Å². The molecule has 0 unspecified atom stereocenters. The summed E-state index contributed by atoms with van der Waals surface area (Å²) in [5, 5.41) is 5.89. The van der Waals surface area contributed by atoms with Gasteiger partial charge in [0.1, 0.15) is 0 Å². The molecule has 2 aliphatic heterocycles. The van der Waals surface area contributed by atoms with Crippen LogP contribution in [0.3, 0.4) is 0 Å². The zero-order chi connectivity index (χ0) is 33.2. The molecule has 16 heteroatoms. The molecule has 250 valence electrons. The molecule has 2 N–H and O–H groups in total. The van der Waals surface area contributed by atoms with E-state index in [1.165, 1.54) is 24.0 Å². The standard InChI is InChI=1S/C28H46N4O10Se2/c1-27(2,3)41-25(37)29-17(21(33)31-13-9-11-19(31)23(35)39-7)15-43-44-16-18(30-26(38)42-28(4,5)6)22(34)32-14-10-12-20(32)24(36)40-8/h17-20H,9-16H2,1-8H3,(H,29,37)(H,30,38)/t17-,18-,19+,20+/m1/s1. The van der Waals surface area contributed by atoms with E-state index in [0.29, 0.717) is 38.8 Å². The number of nitrogens with zero attached hydrogens (tertiary/aromatic N) is 2. The van der Waals surface area contributed by atoms with E-state index in [0.717, 1.165) is 0 Å². The van der Waals surface area contributed by atoms with Crippen LogP contribution in [-0.4, -0.2) is 135 Å². The van der Waals surface area contributed by atoms with Gasteiger partial charge in [-0.3, -0.25) is 0 Å². The van der Waals surface area contributed by atoms with Crippen molar-refractivity contribution < 1.29 is 47.7 Å². The molecule has 0 bridgehead atoms. The molecule has 2 fully saturated rings. The van der Waals surface area contributed by atoms with Gasteiger partial charge in [0.05, 0.1) is 0 Å². The first-order valence-corrected chi connectivity index (χ1v) is 21.2. The number of ether oxygens (including phenoxy) is 4. The van der Waals surface area contributed by atoms with Crippen molar-refractivity contribution in [2.24, 2.45) is 0 Å². The third kappa shape index (κ3) is 11.8. The first kappa shape index (κ1) is 37.6. The van der Waals surface area contributed by atoms with Crippen LogP contribution in [0.1, 0.15) is 67.2 Å². The van der Waals surface area contributed by atoms with Gasteiger partial charge >= 0.3 is 271 Å². The van der Waals surface area contributed by atoms with E-state index in [2.05, 4.69) is 10.6 Å². The molecule has 2 saturated heterocycles. The number of methoxy groups -OCH3 is 2. The molecule has 2 rings (SSSR count). The molecule has 4 atom stereocenters. The molecular formula is C28H46N4O10Se2. The number of amides is 4. The van der Waals surface area contributed by atoms with Crippen LogP contribution in [0.15, 0.2) is 0 Å². The Kier molecular flexibility index (Phi) is 14.3. The number of hydrogen-bond acceptors (Lipinski definition) is 10. The van der Waals surface area contributed by atoms with Crippen LogP contribution >= 0.6 is 0 Å². The molecule has 14 nitrogen and oxygen atoms in total. The number of nitrogens with one attached hydrogen (secondary N) is 2. The molecule has 4 amide bonds. The summed E-state index contributed by atoms with van der Waals surface area (Å²) in [4.78, 5) is 79.9. The van der Waals surface area contributed by atoms with Crippen LogP contribution < -0.4 is 10.6 Å². The van der Waals surface area contributed by atoms with Gasteiger partial charge in [-0.2, -0.15) is 0 Å². The Morgan fingerprint density at radius 2 is 1.02 bits per heavy atom. The fourth-order valence-electron chi connectivity index (χ4n) is 4.70. The summed E-state index contributed by atoms with van der Waals surface area (Å²) < 4.78 is 20.5. The molecule has 0 aromatic carbocycles. The van der Waals surface area contributed by atoms with Crippen LogP contribution in [0.4, 0.5) is 9.59 Å². The number of hydrogen-bond donors (Lipinski definition) is 2. The van der Waals surface area contributed by atoms with Crippen molar-refractivity contribution >= 4 is 62.2 Å². The second kappa shape index (κ2) is 16.7. The minimum absolute atomic E-state index is 0.232. The minimum atomic E-state index is -0.952. The third-order valence-electron chi connectivity index (χ3n) is 6.55. The summed E-state index contributed by atoms with van der Waals surface area (Å²) >= 11 is -0.465. The van der Waals surface area contributed by atoms with E-state index in [1.54, 1.807) is 41.5 Å². The van der Waals surface area contributed by atoms with Gasteiger partial charge < -0.3 is 0 Å². The number of rotatable bonds is 11. The molecule has 0 aromatic heterocycles. The number of carbonyl (C=O) groups is 6. The molecule has 2 heterocycles. The SMILES string of the molecule is COC(=O)[C@@H]1CCCN1C(=O)[C@@H](C[Se][Se]C[C@@H](NC(=O)OC(C)(C)C)C(=O)N1CCC[C@H]1C(=O)OC)NC(=O)OC(C)(C)C. The van der Waals surface area contributed by atoms with Gasteiger partial charge in [0.15, 0.2) is 0 Å². The number of alkyl carbamates (subject to hydrolysis) is 2. The van der Waals surface area contributed by atoms with Crippen LogP contribution in [0.5, 0.6) is 0 Å². The summed E-state index contributed by atoms with van der Waals surface area (Å²) in [6.07, 6.45) is 0.684. The summed E-state index contributed by atoms with van der Waals surface area (Å²) in [6.45, 7) is 11.0. The Labute approximate surface area is 270 Å². The topological polar surface area (TPSA) is 170 Å². The van der Waals surface area contributed by atoms with E-state index >= 15 is 0 Å². The Balaban J connectivity index is 2.16. The summed E-state index contributed by atoms with van der Waals surface area (Å²) in [6, 6.07) is -3.35. The fraction of sp³-hybridized carbons (Fsp3) is 0.786. The predicted octanol–water partition coefficient (Wildman–Crippen LogP) is 1.26. The van der Waals surface area contributed by atoms with Crippen molar-refractivity contribution in [3.05, 3.63) is 0 Å². The van der Waals surface area contributed by atoms with Gasteiger partial charge in [0.25, 0.3) is 0 Å². The average molecular weight is 757 g/mol. The van der Waals surface area contributed by atoms with Gasteiger partial charge in [-0.1, -0.05) is 0 Å². The predicted molar refractivity (Wildman–Crippen MR) is 161 cm³/mol. The number of likely N-dealkylation sites (tertiary alicyclic amines) is 2. The third-order valence-corrected chi connectivity index (χ3v) is 13.7. The molecule has 0 radical (unpaired) electrons. The van der Waals surface area contributed by atoms with E-state index < -0.39 is 71.3 Å². The van der Waals surface area contributed by atoms with Crippen LogP contribution in [0.2, 0.25) is 10.6 Å². The summed E-state index contributed by atoms with van der Waals surface area (Å²) in [5.74, 6) is -1.83. The molecule has 0 saturated carbocycles. The van der Waals surface area contributed by atoms with Gasteiger partial charge in [0, 0.05) is 0 Å². The maximum atomic E-state index is 13.6. The Morgan fingerprint density at radius 3 is 1.32 bits per heavy atom. The first-order chi connectivity index (χ1) is 20.5. The quantitative estimate of drug-likeness (QED) is 0.136. The van der Waals surface area contributed by atoms with E-state index in [1.807, 2.05) is 0 Å². The Hall–Kier alpha value is -2.54. The number of esters is 2. The maximum absolute atomic E-state index is 13.6. The van der Waals surface area contributed by atoms with Gasteiger partial charge in [-0.25, -0.2) is 0 Å². The number of carbonyl (C=O) groups excluding carboxylic acids is 6. The summed E-state index contributed by atoms with van der Waals surface area (Å²) in [5.41, 5.74) is -1.57. The zero-order valence-corrected chi connectivity index (χ0v) is 30.2. The second-order valence-corrected chi connectivity index (χ2v) is 19.9. The van der Waals surface area contributed by atoms with Gasteiger partial charge in [-0.05, 0) is 0 Å². The van der Waals surface area contributed by atoms with Crippen molar-refractivity contribution in [2.75, 3.05) is 27.3 Å². The fourth-order valence-corrected chi connectivity index (χ4v) is 11.7. The monoisotopic (exact) mass is 758 g/mol. The zero-order valence-electron chi connectivity index (χ0n) is 26.8. The molecule has 0 aliphatic carbocycles. The van der Waals surface area contributed by atoms with Gasteiger partial charge in [0.2, 0.25) is 0 Å². The van der Waals surface area contributed by atoms with Crippen LogP contribution in [0.25, 0.3) is 0 Å². The average Bonchev–Trinajstić information content (AvgIpc) is 3.60. The van der Waals surface area contributed by atoms with Crippen molar-refractivity contribution in [2.45, 2.75) is 113 Å². The molecule has 0 aromatic rings. The Morgan fingerprint density at radius 1 is 0.682 bits per heavy atom. The van der Waals surface area contributed by atoms with Crippen molar-refractivity contribution in [3.63, 3.8) is 0 Å². The molecule has 2 aliphatic rings. The Bertz CT molecular complexity index is 980. The molecule has 0 spiro atoms. The van der Waals surface area contributed by atoms with Crippen LogP contribution in [-0.2, 0) is 38.1 Å². The summed E-state index contributed by atoms with van der Waals surface area (Å²) in [7, 11) is 2.54. The van der Waals surface area contributed by atoms with E-state index in [4.69, 9.17) is 18.9 Å². The van der Waals surface area contributed by atoms with Crippen molar-refractivity contribution in [1.82, 2.24) is 20.4 Å². The van der Waals surface area contributed by atoms with E-state index in [9.17, 15) is 28.8 Å². The normalized spacial score (nSPS) is 19.9. The van der Waals surface area contributed by atoms with Gasteiger partial charge in [-0.15, -0.1) is 0 Å². The van der Waals surface area contributed by atoms with E-state index in [-0.39, 0.29) is 36.9 Å². The van der Waals surface area contributed by atoms with Crippen molar-refractivity contribution in [3.8, 4) is 0 Å². The molecular weight excluding hydrogens is 710 g/mol. The molecule has 44 heavy (non-hydrogen) atoms. The van der Waals surface area contributed by atoms with Crippen molar-refractivity contribution in [1.29, 1.82) is 0 Å². The first-order valence-electron chi connectivity index (χ1n) is 14.5. The second-order valence-electron chi connectivity index (χ2n) is 12.4.